The Labute approximate surface area is 121 Å². The Balaban J connectivity index is 2.64. The summed E-state index contributed by atoms with van der Waals surface area (Å²) in [6.45, 7) is 17.6. The van der Waals surface area contributed by atoms with Crippen LogP contribution in [0.1, 0.15) is 67.2 Å². The van der Waals surface area contributed by atoms with Crippen molar-refractivity contribution in [2.45, 2.75) is 79.3 Å². The van der Waals surface area contributed by atoms with Crippen LogP contribution in [0.25, 0.3) is 0 Å². The molecule has 0 aromatic carbocycles. The third-order valence-corrected chi connectivity index (χ3v) is 4.73. The summed E-state index contributed by atoms with van der Waals surface area (Å²) in [6.07, 6.45) is 5.70. The van der Waals surface area contributed by atoms with E-state index < -0.39 is 0 Å². The van der Waals surface area contributed by atoms with Crippen LogP contribution in [0, 0.1) is 11.3 Å². The number of nitrogens with zero attached hydrogens (tertiary/aromatic N) is 1. The highest BCUT2D eigenvalue weighted by Gasteiger charge is 2.32. The Morgan fingerprint density at radius 3 is 2.21 bits per heavy atom. The summed E-state index contributed by atoms with van der Waals surface area (Å²) in [6, 6.07) is 1.42. The summed E-state index contributed by atoms with van der Waals surface area (Å²) in [7, 11) is 0. The molecule has 2 nitrogen and oxygen atoms in total. The zero-order chi connectivity index (χ0) is 14.5. The van der Waals surface area contributed by atoms with Crippen molar-refractivity contribution >= 4 is 0 Å². The first kappa shape index (κ1) is 17.0. The molecular weight excluding hydrogens is 232 g/mol. The molecule has 0 aromatic rings. The van der Waals surface area contributed by atoms with Crippen LogP contribution in [0.3, 0.4) is 0 Å². The predicted octanol–water partition coefficient (Wildman–Crippen LogP) is 3.91. The maximum atomic E-state index is 3.61. The third-order valence-electron chi connectivity index (χ3n) is 4.73. The van der Waals surface area contributed by atoms with Crippen LogP contribution < -0.4 is 5.32 Å². The van der Waals surface area contributed by atoms with Crippen molar-refractivity contribution in [3.05, 3.63) is 0 Å². The molecule has 1 fully saturated rings. The second-order valence-corrected chi connectivity index (χ2v) is 7.53. The quantitative estimate of drug-likeness (QED) is 0.718. The van der Waals surface area contributed by atoms with Gasteiger partial charge in [0, 0.05) is 25.2 Å². The van der Waals surface area contributed by atoms with Crippen molar-refractivity contribution in [3.8, 4) is 0 Å². The first-order chi connectivity index (χ1) is 8.86. The molecular formula is C17H36N2. The molecule has 1 N–H and O–H groups in total. The molecule has 1 rings (SSSR count). The van der Waals surface area contributed by atoms with E-state index in [2.05, 4.69) is 51.8 Å². The zero-order valence-corrected chi connectivity index (χ0v) is 14.1. The summed E-state index contributed by atoms with van der Waals surface area (Å²) in [5.41, 5.74) is 0.341. The minimum atomic E-state index is 0.341. The van der Waals surface area contributed by atoms with E-state index in [1.807, 2.05) is 0 Å². The van der Waals surface area contributed by atoms with Gasteiger partial charge in [-0.1, -0.05) is 47.5 Å². The van der Waals surface area contributed by atoms with E-state index in [0.29, 0.717) is 11.5 Å². The maximum Gasteiger partial charge on any atom is 0.0102 e. The van der Waals surface area contributed by atoms with E-state index in [4.69, 9.17) is 0 Å². The Morgan fingerprint density at radius 2 is 1.74 bits per heavy atom. The first-order valence-corrected chi connectivity index (χ1v) is 8.34. The van der Waals surface area contributed by atoms with Crippen LogP contribution in [0.15, 0.2) is 0 Å². The first-order valence-electron chi connectivity index (χ1n) is 8.34. The van der Waals surface area contributed by atoms with Gasteiger partial charge in [-0.05, 0) is 37.6 Å². The molecule has 1 aliphatic carbocycles. The highest BCUT2D eigenvalue weighted by molar-refractivity contribution is 4.87. The molecule has 0 amide bonds. The summed E-state index contributed by atoms with van der Waals surface area (Å²) >= 11 is 0. The average Bonchev–Trinajstić information content (AvgIpc) is 2.80. The largest absolute Gasteiger partial charge is 0.314 e. The Kier molecular flexibility index (Phi) is 6.82. The molecule has 1 saturated carbocycles. The fourth-order valence-corrected chi connectivity index (χ4v) is 3.32. The smallest absolute Gasteiger partial charge is 0.0102 e. The van der Waals surface area contributed by atoms with Gasteiger partial charge in [0.25, 0.3) is 0 Å². The fourth-order valence-electron chi connectivity index (χ4n) is 3.32. The summed E-state index contributed by atoms with van der Waals surface area (Å²) in [5, 5.41) is 3.61. The molecule has 114 valence electrons. The van der Waals surface area contributed by atoms with Crippen molar-refractivity contribution in [3.63, 3.8) is 0 Å². The van der Waals surface area contributed by atoms with Crippen molar-refractivity contribution in [2.75, 3.05) is 19.6 Å². The Hall–Kier alpha value is -0.0800. The second-order valence-electron chi connectivity index (χ2n) is 7.53. The molecule has 1 unspecified atom stereocenters. The molecule has 1 aliphatic rings. The summed E-state index contributed by atoms with van der Waals surface area (Å²) < 4.78 is 0. The van der Waals surface area contributed by atoms with Gasteiger partial charge in [0.15, 0.2) is 0 Å². The Bertz CT molecular complexity index is 242. The lowest BCUT2D eigenvalue weighted by Gasteiger charge is -2.41. The van der Waals surface area contributed by atoms with E-state index in [1.165, 1.54) is 38.8 Å². The Morgan fingerprint density at radius 1 is 1.16 bits per heavy atom. The summed E-state index contributed by atoms with van der Waals surface area (Å²) in [5.74, 6) is 0.769. The molecule has 19 heavy (non-hydrogen) atoms. The molecule has 0 radical (unpaired) electrons. The predicted molar refractivity (Wildman–Crippen MR) is 85.6 cm³/mol. The normalized spacial score (nSPS) is 19.6. The second kappa shape index (κ2) is 7.64. The molecule has 0 saturated heterocycles. The van der Waals surface area contributed by atoms with Crippen LogP contribution in [-0.2, 0) is 0 Å². The third kappa shape index (κ3) is 5.43. The lowest BCUT2D eigenvalue weighted by atomic mass is 9.84. The topological polar surface area (TPSA) is 15.3 Å². The molecule has 1 atom stereocenters. The number of rotatable bonds is 8. The van der Waals surface area contributed by atoms with Crippen molar-refractivity contribution in [1.82, 2.24) is 10.2 Å². The van der Waals surface area contributed by atoms with Gasteiger partial charge in [0.1, 0.15) is 0 Å². The SMILES string of the molecule is CCNC(C)C(C)(C)CN(CC(C)C)C1CCCC1. The highest BCUT2D eigenvalue weighted by Crippen LogP contribution is 2.29. The van der Waals surface area contributed by atoms with Crippen LogP contribution >= 0.6 is 0 Å². The molecule has 0 aliphatic heterocycles. The van der Waals surface area contributed by atoms with E-state index in [1.54, 1.807) is 0 Å². The maximum absolute atomic E-state index is 3.61. The molecule has 0 bridgehead atoms. The van der Waals surface area contributed by atoms with E-state index in [-0.39, 0.29) is 0 Å². The van der Waals surface area contributed by atoms with Crippen molar-refractivity contribution in [2.24, 2.45) is 11.3 Å². The van der Waals surface area contributed by atoms with Crippen LogP contribution in [0.2, 0.25) is 0 Å². The standard InChI is InChI=1S/C17H36N2/c1-7-18-15(4)17(5,6)13-19(12-14(2)3)16-10-8-9-11-16/h14-16,18H,7-13H2,1-6H3. The summed E-state index contributed by atoms with van der Waals surface area (Å²) in [4.78, 5) is 2.78. The van der Waals surface area contributed by atoms with Crippen LogP contribution in [0.4, 0.5) is 0 Å². The van der Waals surface area contributed by atoms with Gasteiger partial charge in [0.05, 0.1) is 0 Å². The van der Waals surface area contributed by atoms with Crippen LogP contribution in [-0.4, -0.2) is 36.6 Å². The zero-order valence-electron chi connectivity index (χ0n) is 14.1. The van der Waals surface area contributed by atoms with E-state index >= 15 is 0 Å². The average molecular weight is 268 g/mol. The minimum Gasteiger partial charge on any atom is -0.314 e. The van der Waals surface area contributed by atoms with Gasteiger partial charge >= 0.3 is 0 Å². The van der Waals surface area contributed by atoms with Crippen molar-refractivity contribution in [1.29, 1.82) is 0 Å². The minimum absolute atomic E-state index is 0.341. The number of hydrogen-bond acceptors (Lipinski definition) is 2. The van der Waals surface area contributed by atoms with Gasteiger partial charge in [-0.2, -0.15) is 0 Å². The molecule has 0 spiro atoms. The lowest BCUT2D eigenvalue weighted by Crippen LogP contribution is -2.49. The van der Waals surface area contributed by atoms with Gasteiger partial charge < -0.3 is 5.32 Å². The molecule has 0 heterocycles. The van der Waals surface area contributed by atoms with E-state index in [9.17, 15) is 0 Å². The highest BCUT2D eigenvalue weighted by atomic mass is 15.2. The van der Waals surface area contributed by atoms with Gasteiger partial charge in [-0.3, -0.25) is 4.90 Å². The fraction of sp³-hybridized carbons (Fsp3) is 1.00. The molecule has 2 heteroatoms. The number of nitrogens with one attached hydrogen (secondary N) is 1. The van der Waals surface area contributed by atoms with Gasteiger partial charge in [-0.15, -0.1) is 0 Å². The molecule has 0 aromatic heterocycles. The van der Waals surface area contributed by atoms with E-state index in [0.717, 1.165) is 18.5 Å². The van der Waals surface area contributed by atoms with Gasteiger partial charge in [-0.25, -0.2) is 0 Å². The lowest BCUT2D eigenvalue weighted by molar-refractivity contribution is 0.0954. The number of hydrogen-bond donors (Lipinski definition) is 1. The van der Waals surface area contributed by atoms with Gasteiger partial charge in [0.2, 0.25) is 0 Å². The van der Waals surface area contributed by atoms with Crippen LogP contribution in [0.5, 0.6) is 0 Å². The monoisotopic (exact) mass is 268 g/mol. The van der Waals surface area contributed by atoms with Crippen molar-refractivity contribution < 1.29 is 0 Å².